The van der Waals surface area contributed by atoms with Gasteiger partial charge in [-0.2, -0.15) is 0 Å². The fraction of sp³-hybridized carbons (Fsp3) is 0.160. The Balaban J connectivity index is 1.45. The molecule has 2 amide bonds. The van der Waals surface area contributed by atoms with Crippen LogP contribution in [0.15, 0.2) is 83.7 Å². The van der Waals surface area contributed by atoms with Crippen LogP contribution in [0.2, 0.25) is 0 Å². The van der Waals surface area contributed by atoms with Gasteiger partial charge >= 0.3 is 5.69 Å². The summed E-state index contributed by atoms with van der Waals surface area (Å²) in [5.74, 6) is -0.468. The average Bonchev–Trinajstić information content (AvgIpc) is 3.05. The lowest BCUT2D eigenvalue weighted by molar-refractivity contribution is -0.122. The molecular formula is C25H24N4O3. The molecule has 1 heterocycles. The Morgan fingerprint density at radius 3 is 2.34 bits per heavy atom. The maximum absolute atomic E-state index is 12.7. The Labute approximate surface area is 185 Å². The number of imidazole rings is 1. The molecule has 3 aromatic carbocycles. The van der Waals surface area contributed by atoms with Crippen LogP contribution >= 0.6 is 0 Å². The van der Waals surface area contributed by atoms with Gasteiger partial charge in [0.2, 0.25) is 5.91 Å². The van der Waals surface area contributed by atoms with E-state index in [1.165, 1.54) is 9.13 Å². The zero-order valence-electron chi connectivity index (χ0n) is 17.9. The third-order valence-corrected chi connectivity index (χ3v) is 5.41. The van der Waals surface area contributed by atoms with Crippen molar-refractivity contribution in [2.24, 2.45) is 7.05 Å². The van der Waals surface area contributed by atoms with E-state index in [1.807, 2.05) is 67.6 Å². The van der Waals surface area contributed by atoms with Gasteiger partial charge in [-0.15, -0.1) is 0 Å². The molecule has 0 saturated heterocycles. The number of anilines is 1. The maximum Gasteiger partial charge on any atom is 0.329 e. The van der Waals surface area contributed by atoms with Gasteiger partial charge in [-0.1, -0.05) is 42.5 Å². The monoisotopic (exact) mass is 428 g/mol. The highest BCUT2D eigenvalue weighted by atomic mass is 16.2. The van der Waals surface area contributed by atoms with Crippen molar-refractivity contribution in [2.45, 2.75) is 19.5 Å². The average molecular weight is 428 g/mol. The number of fused-ring (bicyclic) bond motifs is 1. The number of amides is 2. The molecule has 1 atom stereocenters. The summed E-state index contributed by atoms with van der Waals surface area (Å²) in [5, 5.41) is 5.81. The van der Waals surface area contributed by atoms with Gasteiger partial charge in [-0.3, -0.25) is 18.7 Å². The van der Waals surface area contributed by atoms with Crippen LogP contribution in [0.4, 0.5) is 5.69 Å². The second kappa shape index (κ2) is 8.93. The number of rotatable bonds is 6. The topological polar surface area (TPSA) is 85.1 Å². The zero-order valence-corrected chi connectivity index (χ0v) is 17.9. The normalized spacial score (nSPS) is 11.8. The van der Waals surface area contributed by atoms with Crippen LogP contribution in [-0.4, -0.2) is 20.9 Å². The lowest BCUT2D eigenvalue weighted by atomic mass is 10.1. The molecule has 1 aromatic heterocycles. The number of aryl methyl sites for hydroxylation is 1. The first-order valence-corrected chi connectivity index (χ1v) is 10.3. The molecule has 0 unspecified atom stereocenters. The van der Waals surface area contributed by atoms with E-state index in [2.05, 4.69) is 10.6 Å². The molecule has 32 heavy (non-hydrogen) atoms. The van der Waals surface area contributed by atoms with E-state index < -0.39 is 0 Å². The maximum atomic E-state index is 12.7. The predicted molar refractivity (Wildman–Crippen MR) is 125 cm³/mol. The highest BCUT2D eigenvalue weighted by Crippen LogP contribution is 2.18. The molecule has 162 valence electrons. The SMILES string of the molecule is C[C@@H](NC(=O)Cn1c(=O)n(C)c2ccccc21)c1cccc(NC(=O)c2ccccc2)c1. The van der Waals surface area contributed by atoms with E-state index in [9.17, 15) is 14.4 Å². The zero-order chi connectivity index (χ0) is 22.7. The fourth-order valence-electron chi connectivity index (χ4n) is 3.71. The van der Waals surface area contributed by atoms with Crippen LogP contribution in [0.3, 0.4) is 0 Å². The summed E-state index contributed by atoms with van der Waals surface area (Å²) in [7, 11) is 1.69. The quantitative estimate of drug-likeness (QED) is 0.493. The Hall–Kier alpha value is -4.13. The fourth-order valence-corrected chi connectivity index (χ4v) is 3.71. The number of aromatic nitrogens is 2. The van der Waals surface area contributed by atoms with Crippen molar-refractivity contribution >= 4 is 28.5 Å². The Bertz CT molecular complexity index is 1340. The van der Waals surface area contributed by atoms with Crippen molar-refractivity contribution in [3.63, 3.8) is 0 Å². The molecule has 2 N–H and O–H groups in total. The van der Waals surface area contributed by atoms with Gasteiger partial charge in [0.05, 0.1) is 17.1 Å². The molecule has 0 aliphatic rings. The highest BCUT2D eigenvalue weighted by molar-refractivity contribution is 6.04. The van der Waals surface area contributed by atoms with Gasteiger partial charge in [0.1, 0.15) is 6.54 Å². The van der Waals surface area contributed by atoms with Gasteiger partial charge in [0, 0.05) is 18.3 Å². The van der Waals surface area contributed by atoms with Crippen LogP contribution < -0.4 is 16.3 Å². The molecule has 7 heteroatoms. The van der Waals surface area contributed by atoms with E-state index in [0.717, 1.165) is 11.1 Å². The summed E-state index contributed by atoms with van der Waals surface area (Å²) in [5.41, 5.74) is 3.31. The second-order valence-corrected chi connectivity index (χ2v) is 7.65. The second-order valence-electron chi connectivity index (χ2n) is 7.65. The summed E-state index contributed by atoms with van der Waals surface area (Å²) in [4.78, 5) is 37.7. The number of carbonyl (C=O) groups is 2. The smallest absolute Gasteiger partial charge is 0.329 e. The third-order valence-electron chi connectivity index (χ3n) is 5.41. The van der Waals surface area contributed by atoms with Crippen LogP contribution in [0.1, 0.15) is 28.9 Å². The summed E-state index contributed by atoms with van der Waals surface area (Å²) in [6, 6.07) is 23.4. The number of benzene rings is 3. The molecule has 0 bridgehead atoms. The van der Waals surface area contributed by atoms with E-state index in [0.29, 0.717) is 16.8 Å². The van der Waals surface area contributed by atoms with Crippen molar-refractivity contribution < 1.29 is 9.59 Å². The van der Waals surface area contributed by atoms with Crippen LogP contribution in [0.25, 0.3) is 11.0 Å². The Morgan fingerprint density at radius 1 is 0.906 bits per heavy atom. The van der Waals surface area contributed by atoms with Crippen molar-refractivity contribution in [1.29, 1.82) is 0 Å². The first kappa shape index (κ1) is 21.1. The minimum atomic E-state index is -0.304. The summed E-state index contributed by atoms with van der Waals surface area (Å²) < 4.78 is 3.00. The third kappa shape index (κ3) is 4.32. The number of hydrogen-bond acceptors (Lipinski definition) is 3. The largest absolute Gasteiger partial charge is 0.348 e. The Kier molecular flexibility index (Phi) is 5.89. The van der Waals surface area contributed by atoms with E-state index in [1.54, 1.807) is 25.2 Å². The van der Waals surface area contributed by atoms with Crippen molar-refractivity contribution in [3.8, 4) is 0 Å². The molecule has 0 aliphatic heterocycles. The summed E-state index contributed by atoms with van der Waals surface area (Å²) >= 11 is 0. The molecular weight excluding hydrogens is 404 g/mol. The first-order chi connectivity index (χ1) is 15.4. The van der Waals surface area contributed by atoms with Crippen LogP contribution in [0.5, 0.6) is 0 Å². The van der Waals surface area contributed by atoms with E-state index in [4.69, 9.17) is 0 Å². The van der Waals surface area contributed by atoms with Gasteiger partial charge in [0.15, 0.2) is 0 Å². The molecule has 0 spiro atoms. The lowest BCUT2D eigenvalue weighted by Crippen LogP contribution is -2.34. The molecule has 4 aromatic rings. The summed E-state index contributed by atoms with van der Waals surface area (Å²) in [6.45, 7) is 1.79. The van der Waals surface area contributed by atoms with Crippen LogP contribution in [-0.2, 0) is 18.4 Å². The van der Waals surface area contributed by atoms with Gasteiger partial charge < -0.3 is 10.6 Å². The number of nitrogens with one attached hydrogen (secondary N) is 2. The van der Waals surface area contributed by atoms with Crippen molar-refractivity contribution in [1.82, 2.24) is 14.5 Å². The number of para-hydroxylation sites is 2. The summed E-state index contributed by atoms with van der Waals surface area (Å²) in [6.07, 6.45) is 0. The molecule has 0 saturated carbocycles. The molecule has 7 nitrogen and oxygen atoms in total. The first-order valence-electron chi connectivity index (χ1n) is 10.3. The number of nitrogens with zero attached hydrogens (tertiary/aromatic N) is 2. The molecule has 0 aliphatic carbocycles. The minimum Gasteiger partial charge on any atom is -0.348 e. The van der Waals surface area contributed by atoms with Gasteiger partial charge in [-0.25, -0.2) is 4.79 Å². The van der Waals surface area contributed by atoms with Crippen molar-refractivity contribution in [3.05, 3.63) is 100 Å². The molecule has 0 radical (unpaired) electrons. The standard InChI is InChI=1S/C25H24N4O3/c1-17(19-11-8-12-20(15-19)27-24(31)18-9-4-3-5-10-18)26-23(30)16-29-22-14-7-6-13-21(22)28(2)25(29)32/h3-15,17H,16H2,1-2H3,(H,26,30)(H,27,31)/t17-/m1/s1. The molecule has 0 fully saturated rings. The number of carbonyl (C=O) groups excluding carboxylic acids is 2. The predicted octanol–water partition coefficient (Wildman–Crippen LogP) is 3.47. The van der Waals surface area contributed by atoms with Gasteiger partial charge in [-0.05, 0) is 48.9 Å². The van der Waals surface area contributed by atoms with Gasteiger partial charge in [0.25, 0.3) is 5.91 Å². The molecule has 4 rings (SSSR count). The Morgan fingerprint density at radius 2 is 1.59 bits per heavy atom. The van der Waals surface area contributed by atoms with Crippen LogP contribution in [0, 0.1) is 0 Å². The van der Waals surface area contributed by atoms with E-state index >= 15 is 0 Å². The highest BCUT2D eigenvalue weighted by Gasteiger charge is 2.16. The minimum absolute atomic E-state index is 0.0744. The number of hydrogen-bond donors (Lipinski definition) is 2. The van der Waals surface area contributed by atoms with E-state index in [-0.39, 0.29) is 30.1 Å². The van der Waals surface area contributed by atoms with Crippen molar-refractivity contribution in [2.75, 3.05) is 5.32 Å². The lowest BCUT2D eigenvalue weighted by Gasteiger charge is -2.16.